The number of benzene rings is 1. The fourth-order valence-corrected chi connectivity index (χ4v) is 3.19. The molecule has 0 spiro atoms. The Bertz CT molecular complexity index is 682. The highest BCUT2D eigenvalue weighted by molar-refractivity contribution is 5.76. The number of urea groups is 1. The highest BCUT2D eigenvalue weighted by Gasteiger charge is 2.25. The number of amides is 2. The largest absolute Gasteiger partial charge is 0.396 e. The van der Waals surface area contributed by atoms with Crippen LogP contribution >= 0.6 is 0 Å². The SMILES string of the molecule is Cc1nc2ccccc2n1CCCNC(=O)N1CCC(CO)C1. The highest BCUT2D eigenvalue weighted by Crippen LogP contribution is 2.16. The zero-order chi connectivity index (χ0) is 16.2. The summed E-state index contributed by atoms with van der Waals surface area (Å²) in [5.41, 5.74) is 2.16. The number of imidazole rings is 1. The molecule has 1 aromatic carbocycles. The summed E-state index contributed by atoms with van der Waals surface area (Å²) < 4.78 is 2.19. The van der Waals surface area contributed by atoms with Crippen molar-refractivity contribution in [1.82, 2.24) is 19.8 Å². The number of likely N-dealkylation sites (tertiary alicyclic amines) is 1. The van der Waals surface area contributed by atoms with E-state index in [1.807, 2.05) is 25.1 Å². The summed E-state index contributed by atoms with van der Waals surface area (Å²) >= 11 is 0. The number of carbonyl (C=O) groups excluding carboxylic acids is 1. The Balaban J connectivity index is 1.48. The zero-order valence-corrected chi connectivity index (χ0v) is 13.5. The smallest absolute Gasteiger partial charge is 0.317 e. The van der Waals surface area contributed by atoms with Gasteiger partial charge in [0.25, 0.3) is 0 Å². The molecule has 0 bridgehead atoms. The van der Waals surface area contributed by atoms with Crippen LogP contribution in [0.4, 0.5) is 4.79 Å². The Hall–Kier alpha value is -2.08. The number of aliphatic hydroxyl groups is 1. The normalized spacial score (nSPS) is 17.8. The molecule has 0 radical (unpaired) electrons. The standard InChI is InChI=1S/C17H24N4O2/c1-13-19-15-5-2-3-6-16(15)21(13)9-4-8-18-17(23)20-10-7-14(11-20)12-22/h2-3,5-6,14,22H,4,7-12H2,1H3,(H,18,23). The molecule has 1 aliphatic heterocycles. The van der Waals surface area contributed by atoms with Gasteiger partial charge in [-0.15, -0.1) is 0 Å². The van der Waals surface area contributed by atoms with E-state index in [9.17, 15) is 4.79 Å². The lowest BCUT2D eigenvalue weighted by molar-refractivity contribution is 0.198. The first-order chi connectivity index (χ1) is 11.2. The van der Waals surface area contributed by atoms with Crippen molar-refractivity contribution in [3.63, 3.8) is 0 Å². The van der Waals surface area contributed by atoms with Gasteiger partial charge in [0.15, 0.2) is 0 Å². The van der Waals surface area contributed by atoms with Crippen LogP contribution in [-0.2, 0) is 6.54 Å². The van der Waals surface area contributed by atoms with Gasteiger partial charge in [-0.3, -0.25) is 0 Å². The molecule has 6 heteroatoms. The molecule has 2 amide bonds. The molecule has 1 fully saturated rings. The molecular weight excluding hydrogens is 292 g/mol. The van der Waals surface area contributed by atoms with Gasteiger partial charge in [0, 0.05) is 38.7 Å². The number of hydrogen-bond donors (Lipinski definition) is 2. The van der Waals surface area contributed by atoms with Gasteiger partial charge >= 0.3 is 6.03 Å². The molecule has 0 saturated carbocycles. The number of nitrogens with one attached hydrogen (secondary N) is 1. The van der Waals surface area contributed by atoms with E-state index in [1.165, 1.54) is 0 Å². The Morgan fingerprint density at radius 1 is 1.43 bits per heavy atom. The van der Waals surface area contributed by atoms with E-state index in [-0.39, 0.29) is 18.6 Å². The second-order valence-electron chi connectivity index (χ2n) is 6.17. The van der Waals surface area contributed by atoms with Crippen molar-refractivity contribution < 1.29 is 9.90 Å². The number of para-hydroxylation sites is 2. The molecule has 3 rings (SSSR count). The third kappa shape index (κ3) is 3.47. The van der Waals surface area contributed by atoms with Crippen LogP contribution in [0.25, 0.3) is 11.0 Å². The fraction of sp³-hybridized carbons (Fsp3) is 0.529. The van der Waals surface area contributed by atoms with Crippen LogP contribution in [0.5, 0.6) is 0 Å². The van der Waals surface area contributed by atoms with Gasteiger partial charge in [-0.25, -0.2) is 9.78 Å². The molecule has 1 unspecified atom stereocenters. The summed E-state index contributed by atoms with van der Waals surface area (Å²) in [5, 5.41) is 12.1. The first kappa shape index (κ1) is 15.8. The summed E-state index contributed by atoms with van der Waals surface area (Å²) in [6, 6.07) is 8.09. The van der Waals surface area contributed by atoms with E-state index in [1.54, 1.807) is 4.90 Å². The van der Waals surface area contributed by atoms with Crippen molar-refractivity contribution >= 4 is 17.1 Å². The Kier molecular flexibility index (Phi) is 4.81. The number of rotatable bonds is 5. The van der Waals surface area contributed by atoms with Gasteiger partial charge in [0.1, 0.15) is 5.82 Å². The Morgan fingerprint density at radius 3 is 3.04 bits per heavy atom. The van der Waals surface area contributed by atoms with E-state index in [4.69, 9.17) is 5.11 Å². The summed E-state index contributed by atoms with van der Waals surface area (Å²) in [4.78, 5) is 18.4. The van der Waals surface area contributed by atoms with Crippen molar-refractivity contribution in [2.24, 2.45) is 5.92 Å². The van der Waals surface area contributed by atoms with E-state index in [0.29, 0.717) is 13.1 Å². The zero-order valence-electron chi connectivity index (χ0n) is 13.5. The molecular formula is C17H24N4O2. The van der Waals surface area contributed by atoms with E-state index >= 15 is 0 Å². The molecule has 1 aromatic heterocycles. The van der Waals surface area contributed by atoms with E-state index in [0.717, 1.165) is 42.8 Å². The van der Waals surface area contributed by atoms with Crippen LogP contribution in [-0.4, -0.2) is 51.8 Å². The predicted molar refractivity (Wildman–Crippen MR) is 89.3 cm³/mol. The lowest BCUT2D eigenvalue weighted by atomic mass is 10.1. The second-order valence-corrected chi connectivity index (χ2v) is 6.17. The first-order valence-corrected chi connectivity index (χ1v) is 8.24. The maximum absolute atomic E-state index is 12.1. The average Bonchev–Trinajstić information content (AvgIpc) is 3.15. The highest BCUT2D eigenvalue weighted by atomic mass is 16.3. The first-order valence-electron chi connectivity index (χ1n) is 8.24. The van der Waals surface area contributed by atoms with Gasteiger partial charge in [0.05, 0.1) is 11.0 Å². The monoisotopic (exact) mass is 316 g/mol. The van der Waals surface area contributed by atoms with Crippen molar-refractivity contribution in [3.05, 3.63) is 30.1 Å². The molecule has 2 heterocycles. The van der Waals surface area contributed by atoms with Crippen LogP contribution < -0.4 is 5.32 Å². The van der Waals surface area contributed by atoms with Gasteiger partial charge in [-0.05, 0) is 31.9 Å². The molecule has 2 N–H and O–H groups in total. The van der Waals surface area contributed by atoms with Gasteiger partial charge in [0.2, 0.25) is 0 Å². The number of hydrogen-bond acceptors (Lipinski definition) is 3. The minimum atomic E-state index is -0.0202. The van der Waals surface area contributed by atoms with Crippen LogP contribution in [0.2, 0.25) is 0 Å². The van der Waals surface area contributed by atoms with Crippen LogP contribution in [0.3, 0.4) is 0 Å². The third-order valence-electron chi connectivity index (χ3n) is 4.51. The summed E-state index contributed by atoms with van der Waals surface area (Å²) in [6.07, 6.45) is 1.76. The second kappa shape index (κ2) is 7.00. The number of nitrogens with zero attached hydrogens (tertiary/aromatic N) is 3. The van der Waals surface area contributed by atoms with Gasteiger partial charge in [-0.2, -0.15) is 0 Å². The fourth-order valence-electron chi connectivity index (χ4n) is 3.19. The number of carbonyl (C=O) groups is 1. The molecule has 23 heavy (non-hydrogen) atoms. The van der Waals surface area contributed by atoms with Crippen LogP contribution in [0, 0.1) is 12.8 Å². The number of aryl methyl sites for hydroxylation is 2. The predicted octanol–water partition coefficient (Wildman–Crippen LogP) is 1.76. The molecule has 6 nitrogen and oxygen atoms in total. The summed E-state index contributed by atoms with van der Waals surface area (Å²) in [7, 11) is 0. The Labute approximate surface area is 136 Å². The topological polar surface area (TPSA) is 70.4 Å². The summed E-state index contributed by atoms with van der Waals surface area (Å²) in [5.74, 6) is 1.24. The molecule has 1 atom stereocenters. The van der Waals surface area contributed by atoms with Crippen LogP contribution in [0.15, 0.2) is 24.3 Å². The quantitative estimate of drug-likeness (QED) is 0.826. The minimum absolute atomic E-state index is 0.0202. The van der Waals surface area contributed by atoms with Crippen molar-refractivity contribution in [3.8, 4) is 0 Å². The third-order valence-corrected chi connectivity index (χ3v) is 4.51. The van der Waals surface area contributed by atoms with Crippen molar-refractivity contribution in [1.29, 1.82) is 0 Å². The number of fused-ring (bicyclic) bond motifs is 1. The van der Waals surface area contributed by atoms with Crippen molar-refractivity contribution in [2.45, 2.75) is 26.3 Å². The molecule has 1 aliphatic rings. The number of aliphatic hydroxyl groups excluding tert-OH is 1. The molecule has 124 valence electrons. The lowest BCUT2D eigenvalue weighted by Crippen LogP contribution is -2.39. The maximum atomic E-state index is 12.1. The Morgan fingerprint density at radius 2 is 2.26 bits per heavy atom. The van der Waals surface area contributed by atoms with Crippen molar-refractivity contribution in [2.75, 3.05) is 26.2 Å². The summed E-state index contributed by atoms with van der Waals surface area (Å²) in [6.45, 7) is 5.06. The lowest BCUT2D eigenvalue weighted by Gasteiger charge is -2.17. The van der Waals surface area contributed by atoms with E-state index < -0.39 is 0 Å². The van der Waals surface area contributed by atoms with Crippen LogP contribution in [0.1, 0.15) is 18.7 Å². The maximum Gasteiger partial charge on any atom is 0.317 e. The minimum Gasteiger partial charge on any atom is -0.396 e. The molecule has 0 aliphatic carbocycles. The molecule has 1 saturated heterocycles. The molecule has 2 aromatic rings. The number of aromatic nitrogens is 2. The van der Waals surface area contributed by atoms with E-state index in [2.05, 4.69) is 20.9 Å². The van der Waals surface area contributed by atoms with Gasteiger partial charge < -0.3 is 19.9 Å². The average molecular weight is 316 g/mol. The van der Waals surface area contributed by atoms with Gasteiger partial charge in [-0.1, -0.05) is 12.1 Å².